The summed E-state index contributed by atoms with van der Waals surface area (Å²) < 4.78 is 11.0. The van der Waals surface area contributed by atoms with Gasteiger partial charge in [0.1, 0.15) is 12.6 Å². The van der Waals surface area contributed by atoms with Gasteiger partial charge in [0, 0.05) is 0 Å². The SMILES string of the molecule is CSCC[C@H](NC(=O)[C@@H]1COc2ccccc2O1)C(=O)O. The van der Waals surface area contributed by atoms with Crippen molar-refractivity contribution in [1.29, 1.82) is 0 Å². The normalized spacial score (nSPS) is 17.9. The number of rotatable bonds is 6. The fourth-order valence-corrected chi connectivity index (χ4v) is 2.38. The molecule has 6 nitrogen and oxygen atoms in total. The van der Waals surface area contributed by atoms with Crippen LogP contribution in [0.2, 0.25) is 0 Å². The van der Waals surface area contributed by atoms with Gasteiger partial charge in [0.25, 0.3) is 5.91 Å². The summed E-state index contributed by atoms with van der Waals surface area (Å²) >= 11 is 1.53. The second-order valence-corrected chi connectivity index (χ2v) is 5.53. The van der Waals surface area contributed by atoms with E-state index < -0.39 is 24.0 Å². The van der Waals surface area contributed by atoms with E-state index in [1.54, 1.807) is 18.2 Å². The number of nitrogens with one attached hydrogen (secondary N) is 1. The van der Waals surface area contributed by atoms with Gasteiger partial charge in [-0.25, -0.2) is 4.79 Å². The minimum atomic E-state index is -1.05. The lowest BCUT2D eigenvalue weighted by atomic mass is 10.2. The summed E-state index contributed by atoms with van der Waals surface area (Å²) in [7, 11) is 0. The molecule has 0 aromatic heterocycles. The topological polar surface area (TPSA) is 84.9 Å². The fourth-order valence-electron chi connectivity index (χ4n) is 1.91. The number of aliphatic carboxylic acids is 1. The molecule has 1 aromatic rings. The number of carboxylic acid groups (broad SMARTS) is 1. The van der Waals surface area contributed by atoms with E-state index in [1.165, 1.54) is 11.8 Å². The minimum Gasteiger partial charge on any atom is -0.485 e. The molecular formula is C14H17NO5S. The highest BCUT2D eigenvalue weighted by Gasteiger charge is 2.30. The van der Waals surface area contributed by atoms with Gasteiger partial charge in [-0.1, -0.05) is 12.1 Å². The number of hydrogen-bond acceptors (Lipinski definition) is 5. The summed E-state index contributed by atoms with van der Waals surface area (Å²) in [5, 5.41) is 11.6. The highest BCUT2D eigenvalue weighted by molar-refractivity contribution is 7.98. The van der Waals surface area contributed by atoms with Gasteiger partial charge < -0.3 is 19.9 Å². The standard InChI is InChI=1S/C14H17NO5S/c1-21-7-6-9(14(17)18)15-13(16)12-8-19-10-4-2-3-5-11(10)20-12/h2-5,9,12H,6-8H2,1H3,(H,15,16)(H,17,18)/t9-,12-/m0/s1. The van der Waals surface area contributed by atoms with Gasteiger partial charge in [0.15, 0.2) is 11.5 Å². The van der Waals surface area contributed by atoms with Crippen molar-refractivity contribution in [1.82, 2.24) is 5.32 Å². The quantitative estimate of drug-likeness (QED) is 0.820. The summed E-state index contributed by atoms with van der Waals surface area (Å²) in [6.45, 7) is 0.0672. The molecule has 0 saturated heterocycles. The first kappa shape index (κ1) is 15.5. The van der Waals surface area contributed by atoms with Gasteiger partial charge in [-0.05, 0) is 30.6 Å². The Morgan fingerprint density at radius 3 is 2.81 bits per heavy atom. The number of carbonyl (C=O) groups is 2. The van der Waals surface area contributed by atoms with Gasteiger partial charge in [0.2, 0.25) is 6.10 Å². The van der Waals surface area contributed by atoms with Crippen LogP contribution in [-0.2, 0) is 9.59 Å². The molecule has 1 heterocycles. The molecule has 2 rings (SSSR count). The number of benzene rings is 1. The Bertz CT molecular complexity index is 522. The first-order valence-corrected chi connectivity index (χ1v) is 7.92. The van der Waals surface area contributed by atoms with Gasteiger partial charge >= 0.3 is 5.97 Å². The van der Waals surface area contributed by atoms with Crippen molar-refractivity contribution < 1.29 is 24.2 Å². The maximum absolute atomic E-state index is 12.1. The third-order valence-electron chi connectivity index (χ3n) is 3.03. The Morgan fingerprint density at radius 2 is 2.14 bits per heavy atom. The van der Waals surface area contributed by atoms with Crippen molar-refractivity contribution in [2.24, 2.45) is 0 Å². The summed E-state index contributed by atoms with van der Waals surface area (Å²) in [5.74, 6) is 0.202. The highest BCUT2D eigenvalue weighted by Crippen LogP contribution is 2.30. The Labute approximate surface area is 126 Å². The minimum absolute atomic E-state index is 0.0672. The first-order valence-electron chi connectivity index (χ1n) is 6.52. The van der Waals surface area contributed by atoms with Crippen molar-refractivity contribution in [3.8, 4) is 11.5 Å². The van der Waals surface area contributed by atoms with Gasteiger partial charge in [0.05, 0.1) is 0 Å². The molecule has 1 aromatic carbocycles. The summed E-state index contributed by atoms with van der Waals surface area (Å²) in [6, 6.07) is 6.14. The average molecular weight is 311 g/mol. The first-order chi connectivity index (χ1) is 10.1. The summed E-state index contributed by atoms with van der Waals surface area (Å²) in [4.78, 5) is 23.2. The average Bonchev–Trinajstić information content (AvgIpc) is 2.50. The lowest BCUT2D eigenvalue weighted by molar-refractivity contribution is -0.143. The molecule has 1 aliphatic rings. The monoisotopic (exact) mass is 311 g/mol. The van der Waals surface area contributed by atoms with E-state index in [0.29, 0.717) is 23.7 Å². The molecule has 0 spiro atoms. The Morgan fingerprint density at radius 1 is 1.43 bits per heavy atom. The van der Waals surface area contributed by atoms with Crippen LogP contribution < -0.4 is 14.8 Å². The second kappa shape index (κ2) is 7.21. The van der Waals surface area contributed by atoms with E-state index in [4.69, 9.17) is 14.6 Å². The van der Waals surface area contributed by atoms with Crippen LogP contribution in [-0.4, -0.2) is 47.7 Å². The molecule has 0 fully saturated rings. The van der Waals surface area contributed by atoms with Crippen LogP contribution in [0.3, 0.4) is 0 Å². The van der Waals surface area contributed by atoms with E-state index in [-0.39, 0.29) is 6.61 Å². The Kier molecular flexibility index (Phi) is 5.32. The molecule has 0 aliphatic carbocycles. The molecule has 1 amide bonds. The molecule has 21 heavy (non-hydrogen) atoms. The molecule has 2 N–H and O–H groups in total. The third kappa shape index (κ3) is 4.04. The molecule has 114 valence electrons. The van der Waals surface area contributed by atoms with E-state index in [1.807, 2.05) is 12.3 Å². The van der Waals surface area contributed by atoms with Crippen molar-refractivity contribution in [2.45, 2.75) is 18.6 Å². The maximum Gasteiger partial charge on any atom is 0.326 e. The van der Waals surface area contributed by atoms with Gasteiger partial charge in [-0.15, -0.1) is 0 Å². The number of hydrogen-bond donors (Lipinski definition) is 2. The predicted molar refractivity (Wildman–Crippen MR) is 78.9 cm³/mol. The largest absolute Gasteiger partial charge is 0.485 e. The molecule has 0 radical (unpaired) electrons. The number of carbonyl (C=O) groups excluding carboxylic acids is 1. The van der Waals surface area contributed by atoms with Crippen LogP contribution in [0.15, 0.2) is 24.3 Å². The van der Waals surface area contributed by atoms with Crippen LogP contribution in [0.1, 0.15) is 6.42 Å². The highest BCUT2D eigenvalue weighted by atomic mass is 32.2. The van der Waals surface area contributed by atoms with Crippen molar-refractivity contribution in [2.75, 3.05) is 18.6 Å². The molecular weight excluding hydrogens is 294 g/mol. The third-order valence-corrected chi connectivity index (χ3v) is 3.67. The summed E-state index contributed by atoms with van der Waals surface area (Å²) in [5.41, 5.74) is 0. The van der Waals surface area contributed by atoms with Crippen LogP contribution in [0.5, 0.6) is 11.5 Å². The molecule has 7 heteroatoms. The zero-order valence-electron chi connectivity index (χ0n) is 11.6. The molecule has 0 unspecified atom stereocenters. The van der Waals surface area contributed by atoms with Crippen molar-refractivity contribution >= 4 is 23.6 Å². The van der Waals surface area contributed by atoms with Crippen LogP contribution in [0.25, 0.3) is 0 Å². The van der Waals surface area contributed by atoms with Gasteiger partial charge in [-0.3, -0.25) is 4.79 Å². The maximum atomic E-state index is 12.1. The molecule has 1 aliphatic heterocycles. The zero-order chi connectivity index (χ0) is 15.2. The van der Waals surface area contributed by atoms with Crippen LogP contribution >= 0.6 is 11.8 Å². The van der Waals surface area contributed by atoms with E-state index in [0.717, 1.165) is 0 Å². The van der Waals surface area contributed by atoms with Crippen LogP contribution in [0, 0.1) is 0 Å². The second-order valence-electron chi connectivity index (χ2n) is 4.55. The van der Waals surface area contributed by atoms with E-state index in [2.05, 4.69) is 5.32 Å². The smallest absolute Gasteiger partial charge is 0.326 e. The number of thioether (sulfide) groups is 1. The van der Waals surface area contributed by atoms with Crippen molar-refractivity contribution in [3.63, 3.8) is 0 Å². The fraction of sp³-hybridized carbons (Fsp3) is 0.429. The molecule has 0 saturated carbocycles. The predicted octanol–water partition coefficient (Wildman–Crippen LogP) is 1.15. The number of amides is 1. The number of carboxylic acids is 1. The van der Waals surface area contributed by atoms with Crippen LogP contribution in [0.4, 0.5) is 0 Å². The molecule has 0 bridgehead atoms. The lowest BCUT2D eigenvalue weighted by Gasteiger charge is -2.26. The summed E-state index contributed by atoms with van der Waals surface area (Å²) in [6.07, 6.45) is 1.42. The van der Waals surface area contributed by atoms with E-state index >= 15 is 0 Å². The molecule has 2 atom stereocenters. The number of ether oxygens (including phenoxy) is 2. The zero-order valence-corrected chi connectivity index (χ0v) is 12.4. The Hall–Kier alpha value is -1.89. The Balaban J connectivity index is 1.96. The number of para-hydroxylation sites is 2. The van der Waals surface area contributed by atoms with Gasteiger partial charge in [-0.2, -0.15) is 11.8 Å². The van der Waals surface area contributed by atoms with Crippen molar-refractivity contribution in [3.05, 3.63) is 24.3 Å². The number of fused-ring (bicyclic) bond motifs is 1. The van der Waals surface area contributed by atoms with E-state index in [9.17, 15) is 9.59 Å². The lowest BCUT2D eigenvalue weighted by Crippen LogP contribution is -2.50.